The molecule has 0 radical (unpaired) electrons. The molecule has 0 amide bonds. The Morgan fingerprint density at radius 2 is 1.38 bits per heavy atom. The molecular weight excluding hydrogens is 314 g/mol. The summed E-state index contributed by atoms with van der Waals surface area (Å²) < 4.78 is 1.32. The Hall–Kier alpha value is -2.65. The van der Waals surface area contributed by atoms with Crippen molar-refractivity contribution in [2.75, 3.05) is 0 Å². The van der Waals surface area contributed by atoms with E-state index < -0.39 is 0 Å². The van der Waals surface area contributed by atoms with E-state index in [1.54, 1.807) is 11.8 Å². The molecule has 0 saturated carbocycles. The van der Waals surface area contributed by atoms with Crippen molar-refractivity contribution in [2.45, 2.75) is 10.6 Å². The largest absolute Gasteiger partial charge is 0.428 e. The predicted molar refractivity (Wildman–Crippen MR) is 101 cm³/mol. The van der Waals surface area contributed by atoms with Crippen LogP contribution in [-0.2, 0) is 5.75 Å². The van der Waals surface area contributed by atoms with Crippen LogP contribution in [0.25, 0.3) is 22.2 Å². The molecule has 118 valence electrons. The molecule has 1 aromatic heterocycles. The number of benzene rings is 3. The first kappa shape index (κ1) is 14.9. The van der Waals surface area contributed by atoms with Gasteiger partial charge in [-0.3, -0.25) is 0 Å². The minimum Gasteiger partial charge on any atom is -0.428 e. The summed E-state index contributed by atoms with van der Waals surface area (Å²) in [5, 5.41) is 11.8. The minimum atomic E-state index is 0.808. The zero-order chi connectivity index (χ0) is 16.4. The van der Waals surface area contributed by atoms with Gasteiger partial charge in [-0.25, -0.2) is 0 Å². The number of fused-ring (bicyclic) bond motifs is 1. The minimum absolute atomic E-state index is 0.808. The summed E-state index contributed by atoms with van der Waals surface area (Å²) in [6.45, 7) is 0. The van der Waals surface area contributed by atoms with E-state index in [0.717, 1.165) is 33.5 Å². The Kier molecular flexibility index (Phi) is 4.01. The summed E-state index contributed by atoms with van der Waals surface area (Å²) in [5.74, 6) is 0.808. The lowest BCUT2D eigenvalue weighted by Crippen LogP contribution is -1.95. The Balaban J connectivity index is 1.83. The van der Waals surface area contributed by atoms with Gasteiger partial charge >= 0.3 is 0 Å². The van der Waals surface area contributed by atoms with E-state index in [1.807, 2.05) is 54.6 Å². The Labute approximate surface area is 145 Å². The average Bonchev–Trinajstić information content (AvgIpc) is 2.94. The maximum atomic E-state index is 10.7. The maximum Gasteiger partial charge on any atom is 0.0919 e. The van der Waals surface area contributed by atoms with Crippen LogP contribution in [0, 0.1) is 0 Å². The number of hydrogen-bond donors (Lipinski definition) is 1. The third-order valence-electron chi connectivity index (χ3n) is 4.13. The topological polar surface area (TPSA) is 25.2 Å². The van der Waals surface area contributed by atoms with Crippen LogP contribution in [0.2, 0.25) is 0 Å². The summed E-state index contributed by atoms with van der Waals surface area (Å²) in [6, 6.07) is 28.4. The quantitative estimate of drug-likeness (QED) is 0.375. The van der Waals surface area contributed by atoms with Gasteiger partial charge in [0.1, 0.15) is 0 Å². The lowest BCUT2D eigenvalue weighted by Gasteiger charge is -2.07. The van der Waals surface area contributed by atoms with Crippen LogP contribution in [0.4, 0.5) is 0 Å². The zero-order valence-electron chi connectivity index (χ0n) is 13.1. The highest BCUT2D eigenvalue weighted by atomic mass is 32.2. The standard InChI is InChI=1S/C21H17NOS/c23-22-20-14-8-7-13-18(20)19(15-24-17-11-5-2-6-12-17)21(22)16-9-3-1-4-10-16/h1-14,23H,15H2. The maximum absolute atomic E-state index is 10.7. The number of para-hydroxylation sites is 1. The average molecular weight is 331 g/mol. The number of hydrogen-bond acceptors (Lipinski definition) is 2. The molecule has 0 aliphatic heterocycles. The normalized spacial score (nSPS) is 11.0. The summed E-state index contributed by atoms with van der Waals surface area (Å²) in [7, 11) is 0. The second kappa shape index (κ2) is 6.46. The molecule has 24 heavy (non-hydrogen) atoms. The van der Waals surface area contributed by atoms with Crippen molar-refractivity contribution in [1.29, 1.82) is 0 Å². The fourth-order valence-corrected chi connectivity index (χ4v) is 3.95. The monoisotopic (exact) mass is 331 g/mol. The summed E-state index contributed by atoms with van der Waals surface area (Å²) in [6.07, 6.45) is 0. The SMILES string of the molecule is On1c(-c2ccccc2)c(CSc2ccccc2)c2ccccc21. The van der Waals surface area contributed by atoms with E-state index in [0.29, 0.717) is 0 Å². The van der Waals surface area contributed by atoms with Gasteiger partial charge < -0.3 is 5.21 Å². The lowest BCUT2D eigenvalue weighted by atomic mass is 10.1. The molecule has 0 bridgehead atoms. The van der Waals surface area contributed by atoms with Crippen molar-refractivity contribution >= 4 is 22.7 Å². The second-order valence-corrected chi connectivity index (χ2v) is 6.67. The van der Waals surface area contributed by atoms with Crippen LogP contribution >= 0.6 is 11.8 Å². The first-order valence-corrected chi connectivity index (χ1v) is 8.88. The van der Waals surface area contributed by atoms with Gasteiger partial charge in [0.25, 0.3) is 0 Å². The predicted octanol–water partition coefficient (Wildman–Crippen LogP) is 5.84. The van der Waals surface area contributed by atoms with E-state index >= 15 is 0 Å². The highest BCUT2D eigenvalue weighted by molar-refractivity contribution is 7.98. The van der Waals surface area contributed by atoms with Gasteiger partial charge in [-0.1, -0.05) is 66.7 Å². The number of thioether (sulfide) groups is 1. The highest BCUT2D eigenvalue weighted by Gasteiger charge is 2.18. The molecule has 1 N–H and O–H groups in total. The summed E-state index contributed by atoms with van der Waals surface area (Å²) in [4.78, 5) is 1.23. The molecule has 0 spiro atoms. The van der Waals surface area contributed by atoms with Crippen molar-refractivity contribution in [2.24, 2.45) is 0 Å². The molecule has 0 aliphatic carbocycles. The van der Waals surface area contributed by atoms with Gasteiger partial charge in [0.15, 0.2) is 0 Å². The van der Waals surface area contributed by atoms with Crippen LogP contribution in [0.1, 0.15) is 5.56 Å². The smallest absolute Gasteiger partial charge is 0.0919 e. The molecule has 2 nitrogen and oxygen atoms in total. The summed E-state index contributed by atoms with van der Waals surface area (Å²) >= 11 is 1.79. The summed E-state index contributed by atoms with van der Waals surface area (Å²) in [5.41, 5.74) is 3.91. The molecular formula is C21H17NOS. The zero-order valence-corrected chi connectivity index (χ0v) is 13.9. The van der Waals surface area contributed by atoms with Crippen LogP contribution in [0.15, 0.2) is 89.8 Å². The molecule has 0 fully saturated rings. The van der Waals surface area contributed by atoms with Crippen molar-refractivity contribution in [3.8, 4) is 11.3 Å². The van der Waals surface area contributed by atoms with Crippen LogP contribution < -0.4 is 0 Å². The van der Waals surface area contributed by atoms with Crippen LogP contribution in [0.5, 0.6) is 0 Å². The van der Waals surface area contributed by atoms with Crippen LogP contribution in [0.3, 0.4) is 0 Å². The van der Waals surface area contributed by atoms with Crippen LogP contribution in [-0.4, -0.2) is 9.94 Å². The lowest BCUT2D eigenvalue weighted by molar-refractivity contribution is 0.204. The Morgan fingerprint density at radius 1 is 0.750 bits per heavy atom. The Morgan fingerprint density at radius 3 is 2.12 bits per heavy atom. The van der Waals surface area contributed by atoms with Gasteiger partial charge in [0.2, 0.25) is 0 Å². The molecule has 0 unspecified atom stereocenters. The molecule has 0 aliphatic rings. The van der Waals surface area contributed by atoms with Crippen molar-refractivity contribution in [1.82, 2.24) is 4.73 Å². The van der Waals surface area contributed by atoms with Crippen molar-refractivity contribution in [3.63, 3.8) is 0 Å². The van der Waals surface area contributed by atoms with Gasteiger partial charge in [-0.2, -0.15) is 4.73 Å². The fourth-order valence-electron chi connectivity index (χ4n) is 3.00. The highest BCUT2D eigenvalue weighted by Crippen LogP contribution is 2.36. The third-order valence-corrected chi connectivity index (χ3v) is 5.17. The van der Waals surface area contributed by atoms with E-state index in [-0.39, 0.29) is 0 Å². The molecule has 0 saturated heterocycles. The van der Waals surface area contributed by atoms with Crippen molar-refractivity contribution < 1.29 is 5.21 Å². The van der Waals surface area contributed by atoms with Crippen molar-refractivity contribution in [3.05, 3.63) is 90.5 Å². The number of aromatic nitrogens is 1. The first-order chi connectivity index (χ1) is 11.8. The van der Waals surface area contributed by atoms with E-state index in [1.165, 1.54) is 9.63 Å². The number of nitrogens with zero attached hydrogens (tertiary/aromatic N) is 1. The van der Waals surface area contributed by atoms with Gasteiger partial charge in [-0.15, -0.1) is 11.8 Å². The molecule has 0 atom stereocenters. The van der Waals surface area contributed by atoms with Gasteiger partial charge in [0, 0.05) is 21.6 Å². The molecule has 3 heteroatoms. The van der Waals surface area contributed by atoms with E-state index in [9.17, 15) is 5.21 Å². The third kappa shape index (κ3) is 2.68. The molecule has 3 aromatic carbocycles. The van der Waals surface area contributed by atoms with Gasteiger partial charge in [0.05, 0.1) is 11.2 Å². The second-order valence-electron chi connectivity index (χ2n) is 5.62. The molecule has 4 rings (SSSR count). The van der Waals surface area contributed by atoms with E-state index in [4.69, 9.17) is 0 Å². The molecule has 1 heterocycles. The van der Waals surface area contributed by atoms with Gasteiger partial charge in [-0.05, 0) is 23.8 Å². The Bertz CT molecular complexity index is 961. The van der Waals surface area contributed by atoms with E-state index in [2.05, 4.69) is 30.3 Å². The molecule has 4 aromatic rings. The number of rotatable bonds is 4. The first-order valence-electron chi connectivity index (χ1n) is 7.89. The fraction of sp³-hybridized carbons (Fsp3) is 0.0476.